The third kappa shape index (κ3) is 1.84. The van der Waals surface area contributed by atoms with Crippen LogP contribution < -0.4 is 4.90 Å². The summed E-state index contributed by atoms with van der Waals surface area (Å²) in [6.45, 7) is 4.43. The quantitative estimate of drug-likeness (QED) is 0.746. The molecule has 0 saturated carbocycles. The van der Waals surface area contributed by atoms with E-state index in [-0.39, 0.29) is 5.54 Å². The average molecular weight is 250 g/mol. The van der Waals surface area contributed by atoms with Crippen LogP contribution in [0.3, 0.4) is 0 Å². The maximum Gasteiger partial charge on any atom is 0.0867 e. The zero-order valence-corrected chi connectivity index (χ0v) is 11.6. The van der Waals surface area contributed by atoms with Crippen molar-refractivity contribution in [2.45, 2.75) is 19.4 Å². The first-order valence-electron chi connectivity index (χ1n) is 6.58. The number of hydrogen-bond acceptors (Lipinski definition) is 2. The monoisotopic (exact) mass is 250 g/mol. The lowest BCUT2D eigenvalue weighted by Gasteiger charge is -2.42. The average Bonchev–Trinajstić information content (AvgIpc) is 2.44. The zero-order chi connectivity index (χ0) is 13.5. The second-order valence-corrected chi connectivity index (χ2v) is 5.43. The minimum absolute atomic E-state index is 0.115. The smallest absolute Gasteiger partial charge is 0.0867 e. The number of hydrogen-bond donors (Lipinski definition) is 0. The van der Waals surface area contributed by atoms with E-state index in [2.05, 4.69) is 68.3 Å². The van der Waals surface area contributed by atoms with Crippen LogP contribution in [0, 0.1) is 0 Å². The first kappa shape index (κ1) is 12.0. The van der Waals surface area contributed by atoms with E-state index in [9.17, 15) is 0 Å². The molecule has 0 spiro atoms. The molecule has 0 radical (unpaired) electrons. The molecule has 1 aliphatic rings. The molecule has 0 bridgehead atoms. The first-order chi connectivity index (χ1) is 9.10. The Hall–Kier alpha value is -2.09. The van der Waals surface area contributed by atoms with Gasteiger partial charge in [-0.3, -0.25) is 0 Å². The molecular formula is C17H18N2. The highest BCUT2D eigenvalue weighted by atomic mass is 15.2. The van der Waals surface area contributed by atoms with Crippen molar-refractivity contribution in [1.29, 1.82) is 0 Å². The fourth-order valence-corrected chi connectivity index (χ4v) is 2.57. The molecule has 1 aliphatic heterocycles. The molecule has 96 valence electrons. The summed E-state index contributed by atoms with van der Waals surface area (Å²) >= 11 is 0. The number of rotatable bonds is 1. The summed E-state index contributed by atoms with van der Waals surface area (Å²) in [5.74, 6) is 0. The van der Waals surface area contributed by atoms with E-state index >= 15 is 0 Å². The van der Waals surface area contributed by atoms with E-state index in [4.69, 9.17) is 4.99 Å². The minimum Gasteiger partial charge on any atom is -0.362 e. The van der Waals surface area contributed by atoms with E-state index in [0.717, 1.165) is 11.4 Å². The molecule has 0 saturated heterocycles. The maximum absolute atomic E-state index is 4.89. The Kier molecular flexibility index (Phi) is 2.67. The van der Waals surface area contributed by atoms with Crippen molar-refractivity contribution >= 4 is 17.1 Å². The van der Waals surface area contributed by atoms with Gasteiger partial charge in [-0.15, -0.1) is 0 Å². The highest BCUT2D eigenvalue weighted by Crippen LogP contribution is 2.39. The highest BCUT2D eigenvalue weighted by Gasteiger charge is 2.35. The van der Waals surface area contributed by atoms with Crippen LogP contribution in [0.1, 0.15) is 19.4 Å². The minimum atomic E-state index is -0.115. The molecule has 2 aromatic rings. The Morgan fingerprint density at radius 2 is 1.53 bits per heavy atom. The molecule has 2 heteroatoms. The lowest BCUT2D eigenvalue weighted by molar-refractivity contribution is 0.635. The van der Waals surface area contributed by atoms with Crippen molar-refractivity contribution < 1.29 is 0 Å². The van der Waals surface area contributed by atoms with Crippen LogP contribution in [0.15, 0.2) is 59.6 Å². The van der Waals surface area contributed by atoms with Gasteiger partial charge in [-0.1, -0.05) is 42.5 Å². The molecule has 0 amide bonds. The van der Waals surface area contributed by atoms with Crippen LogP contribution >= 0.6 is 0 Å². The number of benzene rings is 2. The van der Waals surface area contributed by atoms with Gasteiger partial charge in [0.25, 0.3) is 0 Å². The number of nitrogens with zero attached hydrogens (tertiary/aromatic N) is 2. The molecule has 3 rings (SSSR count). The van der Waals surface area contributed by atoms with E-state index in [1.54, 1.807) is 0 Å². The Balaban J connectivity index is 2.21. The Labute approximate surface area is 114 Å². The van der Waals surface area contributed by atoms with Gasteiger partial charge >= 0.3 is 0 Å². The predicted octanol–water partition coefficient (Wildman–Crippen LogP) is 4.04. The van der Waals surface area contributed by atoms with Gasteiger partial charge in [0.15, 0.2) is 0 Å². The van der Waals surface area contributed by atoms with Crippen LogP contribution in [0.4, 0.5) is 11.4 Å². The Bertz CT molecular complexity index is 627. The van der Waals surface area contributed by atoms with Gasteiger partial charge in [0.2, 0.25) is 0 Å². The van der Waals surface area contributed by atoms with Crippen LogP contribution in [-0.4, -0.2) is 18.3 Å². The van der Waals surface area contributed by atoms with Gasteiger partial charge in [0.1, 0.15) is 0 Å². The Morgan fingerprint density at radius 1 is 0.895 bits per heavy atom. The lowest BCUT2D eigenvalue weighted by Crippen LogP contribution is -2.50. The summed E-state index contributed by atoms with van der Waals surface area (Å²) in [7, 11) is 2.14. The van der Waals surface area contributed by atoms with Gasteiger partial charge in [-0.2, -0.15) is 0 Å². The van der Waals surface area contributed by atoms with Gasteiger partial charge in [0.05, 0.1) is 22.6 Å². The second kappa shape index (κ2) is 4.23. The SMILES string of the molecule is CN1c2ccccc2N=C(c2ccccc2)C1(C)C. The first-order valence-corrected chi connectivity index (χ1v) is 6.58. The molecule has 2 aromatic carbocycles. The molecular weight excluding hydrogens is 232 g/mol. The van der Waals surface area contributed by atoms with Crippen molar-refractivity contribution in [3.63, 3.8) is 0 Å². The van der Waals surface area contributed by atoms with E-state index in [1.807, 2.05) is 12.1 Å². The molecule has 0 unspecified atom stereocenters. The number of fused-ring (bicyclic) bond motifs is 1. The van der Waals surface area contributed by atoms with E-state index < -0.39 is 0 Å². The third-order valence-corrected chi connectivity index (χ3v) is 3.94. The standard InChI is InChI=1S/C17H18N2/c1-17(2)16(13-9-5-4-6-10-13)18-14-11-7-8-12-15(14)19(17)3/h4-12H,1-3H3. The summed E-state index contributed by atoms with van der Waals surface area (Å²) in [4.78, 5) is 7.20. The third-order valence-electron chi connectivity index (χ3n) is 3.94. The molecule has 0 fully saturated rings. The normalized spacial score (nSPS) is 16.8. The van der Waals surface area contributed by atoms with Crippen molar-refractivity contribution in [3.8, 4) is 0 Å². The summed E-state index contributed by atoms with van der Waals surface area (Å²) in [5, 5.41) is 0. The summed E-state index contributed by atoms with van der Waals surface area (Å²) in [5.41, 5.74) is 4.42. The second-order valence-electron chi connectivity index (χ2n) is 5.43. The van der Waals surface area contributed by atoms with E-state index in [1.165, 1.54) is 11.3 Å². The van der Waals surface area contributed by atoms with Crippen molar-refractivity contribution in [3.05, 3.63) is 60.2 Å². The molecule has 0 aromatic heterocycles. The van der Waals surface area contributed by atoms with Crippen molar-refractivity contribution in [1.82, 2.24) is 0 Å². The Morgan fingerprint density at radius 3 is 2.26 bits per heavy atom. The number of para-hydroxylation sites is 2. The van der Waals surface area contributed by atoms with Gasteiger partial charge in [-0.25, -0.2) is 4.99 Å². The highest BCUT2D eigenvalue weighted by molar-refractivity contribution is 6.12. The summed E-state index contributed by atoms with van der Waals surface area (Å²) in [6.07, 6.45) is 0. The predicted molar refractivity (Wildman–Crippen MR) is 81.6 cm³/mol. The van der Waals surface area contributed by atoms with Crippen LogP contribution in [0.5, 0.6) is 0 Å². The largest absolute Gasteiger partial charge is 0.362 e. The molecule has 1 heterocycles. The number of anilines is 1. The topological polar surface area (TPSA) is 15.6 Å². The van der Waals surface area contributed by atoms with Gasteiger partial charge < -0.3 is 4.90 Å². The van der Waals surface area contributed by atoms with Gasteiger partial charge in [0, 0.05) is 7.05 Å². The van der Waals surface area contributed by atoms with Crippen molar-refractivity contribution in [2.24, 2.45) is 4.99 Å². The fraction of sp³-hybridized carbons (Fsp3) is 0.235. The van der Waals surface area contributed by atoms with Crippen LogP contribution in [-0.2, 0) is 0 Å². The van der Waals surface area contributed by atoms with E-state index in [0.29, 0.717) is 0 Å². The van der Waals surface area contributed by atoms with Gasteiger partial charge in [-0.05, 0) is 31.5 Å². The number of aliphatic imine (C=N–C) groups is 1. The molecule has 0 aliphatic carbocycles. The lowest BCUT2D eigenvalue weighted by atomic mass is 9.88. The molecule has 2 nitrogen and oxygen atoms in total. The molecule has 0 N–H and O–H groups in total. The zero-order valence-electron chi connectivity index (χ0n) is 11.6. The fourth-order valence-electron chi connectivity index (χ4n) is 2.57. The molecule has 0 atom stereocenters. The van der Waals surface area contributed by atoms with Crippen LogP contribution in [0.25, 0.3) is 0 Å². The van der Waals surface area contributed by atoms with Crippen molar-refractivity contribution in [2.75, 3.05) is 11.9 Å². The summed E-state index contributed by atoms with van der Waals surface area (Å²) < 4.78 is 0. The summed E-state index contributed by atoms with van der Waals surface area (Å²) in [6, 6.07) is 18.7. The molecule has 19 heavy (non-hydrogen) atoms. The van der Waals surface area contributed by atoms with Crippen LogP contribution in [0.2, 0.25) is 0 Å². The number of likely N-dealkylation sites (N-methyl/N-ethyl adjacent to an activating group) is 1. The maximum atomic E-state index is 4.89.